The average molecular weight is 321 g/mol. The van der Waals surface area contributed by atoms with Crippen molar-refractivity contribution in [2.45, 2.75) is 38.6 Å². The quantitative estimate of drug-likeness (QED) is 0.823. The van der Waals surface area contributed by atoms with Crippen LogP contribution in [0.5, 0.6) is 0 Å². The third kappa shape index (κ3) is 5.58. The highest BCUT2D eigenvalue weighted by Crippen LogP contribution is 2.17. The van der Waals surface area contributed by atoms with Crippen molar-refractivity contribution in [2.75, 3.05) is 32.1 Å². The molecule has 0 radical (unpaired) electrons. The Labute approximate surface area is 137 Å². The second-order valence-corrected chi connectivity index (χ2v) is 6.20. The lowest BCUT2D eigenvalue weighted by atomic mass is 10.1. The number of hydrogen-bond acceptors (Lipinski definition) is 5. The predicted molar refractivity (Wildman–Crippen MR) is 90.2 cm³/mol. The summed E-state index contributed by atoms with van der Waals surface area (Å²) < 4.78 is 10.7. The number of benzene rings is 1. The normalized spacial score (nSPS) is 23.5. The van der Waals surface area contributed by atoms with Crippen molar-refractivity contribution < 1.29 is 14.3 Å². The van der Waals surface area contributed by atoms with E-state index in [1.54, 1.807) is 0 Å². The predicted octanol–water partition coefficient (Wildman–Crippen LogP) is 1.21. The number of nitrogens with zero attached hydrogens (tertiary/aromatic N) is 1. The minimum absolute atomic E-state index is 0.203. The summed E-state index contributed by atoms with van der Waals surface area (Å²) in [5.74, 6) is -0.238. The van der Waals surface area contributed by atoms with Gasteiger partial charge in [0, 0.05) is 32.4 Å². The Hall–Kier alpha value is -1.47. The lowest BCUT2D eigenvalue weighted by molar-refractivity contribution is -0.118. The maximum atomic E-state index is 11.9. The van der Waals surface area contributed by atoms with Gasteiger partial charge in [-0.2, -0.15) is 0 Å². The van der Waals surface area contributed by atoms with Gasteiger partial charge in [0.1, 0.15) is 6.04 Å². The van der Waals surface area contributed by atoms with Gasteiger partial charge in [-0.05, 0) is 31.5 Å². The van der Waals surface area contributed by atoms with E-state index < -0.39 is 6.04 Å². The number of nitrogens with two attached hydrogens (primary N) is 1. The zero-order valence-electron chi connectivity index (χ0n) is 14.1. The smallest absolute Gasteiger partial charge is 0.243 e. The summed E-state index contributed by atoms with van der Waals surface area (Å²) in [5, 5.41) is 2.83. The number of hydrogen-bond donors (Lipinski definition) is 2. The van der Waals surface area contributed by atoms with Gasteiger partial charge in [0.2, 0.25) is 5.91 Å². The van der Waals surface area contributed by atoms with Crippen LogP contribution < -0.4 is 11.1 Å². The second-order valence-electron chi connectivity index (χ2n) is 6.20. The standard InChI is InChI=1S/C17H27N3O3/c1-12-8-20(9-13(2)23-12)10-14-5-4-6-15(7-14)19-17(21)16(18)11-22-3/h4-7,12-13,16H,8-11,18H2,1-3H3,(H,19,21). The van der Waals surface area contributed by atoms with E-state index in [1.165, 1.54) is 7.11 Å². The van der Waals surface area contributed by atoms with Crippen LogP contribution in [0.3, 0.4) is 0 Å². The van der Waals surface area contributed by atoms with Gasteiger partial charge in [-0.15, -0.1) is 0 Å². The van der Waals surface area contributed by atoms with Gasteiger partial charge in [0.25, 0.3) is 0 Å². The molecule has 3 unspecified atom stereocenters. The molecule has 23 heavy (non-hydrogen) atoms. The van der Waals surface area contributed by atoms with Gasteiger partial charge in [-0.1, -0.05) is 12.1 Å². The Morgan fingerprint density at radius 3 is 2.78 bits per heavy atom. The average Bonchev–Trinajstić information content (AvgIpc) is 2.46. The SMILES string of the molecule is COCC(N)C(=O)Nc1cccc(CN2CC(C)OC(C)C2)c1. The lowest BCUT2D eigenvalue weighted by Crippen LogP contribution is -2.44. The number of amides is 1. The van der Waals surface area contributed by atoms with Crippen molar-refractivity contribution in [1.82, 2.24) is 4.90 Å². The van der Waals surface area contributed by atoms with Crippen LogP contribution in [-0.4, -0.2) is 55.9 Å². The van der Waals surface area contributed by atoms with Gasteiger partial charge in [-0.3, -0.25) is 9.69 Å². The minimum Gasteiger partial charge on any atom is -0.383 e. The summed E-state index contributed by atoms with van der Waals surface area (Å²) in [5.41, 5.74) is 7.65. The molecule has 3 N–H and O–H groups in total. The fourth-order valence-electron chi connectivity index (χ4n) is 2.91. The van der Waals surface area contributed by atoms with Gasteiger partial charge < -0.3 is 20.5 Å². The molecule has 0 bridgehead atoms. The number of nitrogens with one attached hydrogen (secondary N) is 1. The largest absolute Gasteiger partial charge is 0.383 e. The fraction of sp³-hybridized carbons (Fsp3) is 0.588. The minimum atomic E-state index is -0.662. The third-order valence-electron chi connectivity index (χ3n) is 3.78. The number of anilines is 1. The van der Waals surface area contributed by atoms with E-state index in [9.17, 15) is 4.79 Å². The van der Waals surface area contributed by atoms with Gasteiger partial charge in [-0.25, -0.2) is 0 Å². The summed E-state index contributed by atoms with van der Waals surface area (Å²) >= 11 is 0. The van der Waals surface area contributed by atoms with Crippen molar-refractivity contribution in [3.05, 3.63) is 29.8 Å². The highest BCUT2D eigenvalue weighted by Gasteiger charge is 2.22. The Kier molecular flexibility index (Phi) is 6.53. The molecule has 0 aromatic heterocycles. The van der Waals surface area contributed by atoms with Crippen molar-refractivity contribution in [3.63, 3.8) is 0 Å². The number of morpholine rings is 1. The van der Waals surface area contributed by atoms with Crippen LogP contribution in [0, 0.1) is 0 Å². The molecule has 128 valence electrons. The number of carbonyl (C=O) groups is 1. The maximum absolute atomic E-state index is 11.9. The van der Waals surface area contributed by atoms with Crippen LogP contribution in [0.1, 0.15) is 19.4 Å². The first-order valence-electron chi connectivity index (χ1n) is 8.00. The van der Waals surface area contributed by atoms with E-state index in [0.29, 0.717) is 0 Å². The van der Waals surface area contributed by atoms with Gasteiger partial charge in [0.15, 0.2) is 0 Å². The monoisotopic (exact) mass is 321 g/mol. The highest BCUT2D eigenvalue weighted by molar-refractivity contribution is 5.94. The lowest BCUT2D eigenvalue weighted by Gasteiger charge is -2.35. The molecule has 0 aliphatic carbocycles. The molecule has 1 aliphatic heterocycles. The van der Waals surface area contributed by atoms with Crippen LogP contribution in [-0.2, 0) is 20.8 Å². The van der Waals surface area contributed by atoms with E-state index in [0.717, 1.165) is 30.9 Å². The number of rotatable bonds is 6. The number of carbonyl (C=O) groups excluding carboxylic acids is 1. The van der Waals surface area contributed by atoms with E-state index in [1.807, 2.05) is 18.2 Å². The topological polar surface area (TPSA) is 76.8 Å². The number of ether oxygens (including phenoxy) is 2. The van der Waals surface area contributed by atoms with Crippen LogP contribution in [0.2, 0.25) is 0 Å². The van der Waals surface area contributed by atoms with E-state index in [-0.39, 0.29) is 24.7 Å². The summed E-state index contributed by atoms with van der Waals surface area (Å²) in [6.07, 6.45) is 0.488. The second kappa shape index (κ2) is 8.40. The summed E-state index contributed by atoms with van der Waals surface area (Å²) in [6, 6.07) is 7.20. The van der Waals surface area contributed by atoms with E-state index >= 15 is 0 Å². The van der Waals surface area contributed by atoms with Crippen molar-refractivity contribution in [1.29, 1.82) is 0 Å². The molecule has 6 nitrogen and oxygen atoms in total. The molecule has 6 heteroatoms. The molecule has 0 spiro atoms. The first-order chi connectivity index (χ1) is 11.0. The first kappa shape index (κ1) is 17.9. The molecule has 1 aromatic carbocycles. The molecule has 2 rings (SSSR count). The van der Waals surface area contributed by atoms with Gasteiger partial charge in [0.05, 0.1) is 18.8 Å². The van der Waals surface area contributed by atoms with Crippen molar-refractivity contribution >= 4 is 11.6 Å². The molecular formula is C17H27N3O3. The Balaban J connectivity index is 1.95. The first-order valence-corrected chi connectivity index (χ1v) is 8.00. The van der Waals surface area contributed by atoms with E-state index in [2.05, 4.69) is 30.1 Å². The Morgan fingerprint density at radius 1 is 1.43 bits per heavy atom. The summed E-state index contributed by atoms with van der Waals surface area (Å²) in [7, 11) is 1.53. The molecule has 1 fully saturated rings. The van der Waals surface area contributed by atoms with Crippen molar-refractivity contribution in [2.24, 2.45) is 5.73 Å². The van der Waals surface area contributed by atoms with Crippen LogP contribution in [0.25, 0.3) is 0 Å². The maximum Gasteiger partial charge on any atom is 0.243 e. The van der Waals surface area contributed by atoms with E-state index in [4.69, 9.17) is 15.2 Å². The molecule has 3 atom stereocenters. The van der Waals surface area contributed by atoms with Crippen molar-refractivity contribution in [3.8, 4) is 0 Å². The highest BCUT2D eigenvalue weighted by atomic mass is 16.5. The molecule has 1 aromatic rings. The Bertz CT molecular complexity index is 514. The third-order valence-corrected chi connectivity index (χ3v) is 3.78. The molecular weight excluding hydrogens is 294 g/mol. The molecule has 1 amide bonds. The molecule has 1 aliphatic rings. The Morgan fingerprint density at radius 2 is 2.13 bits per heavy atom. The molecule has 0 saturated carbocycles. The van der Waals surface area contributed by atoms with Crippen LogP contribution in [0.4, 0.5) is 5.69 Å². The molecule has 1 saturated heterocycles. The summed E-state index contributed by atoms with van der Waals surface area (Å²) in [6.45, 7) is 7.06. The van der Waals surface area contributed by atoms with Gasteiger partial charge >= 0.3 is 0 Å². The van der Waals surface area contributed by atoms with Crippen LogP contribution in [0.15, 0.2) is 24.3 Å². The van der Waals surface area contributed by atoms with Crippen LogP contribution >= 0.6 is 0 Å². The zero-order chi connectivity index (χ0) is 16.8. The number of methoxy groups -OCH3 is 1. The fourth-order valence-corrected chi connectivity index (χ4v) is 2.91. The molecule has 1 heterocycles. The summed E-state index contributed by atoms with van der Waals surface area (Å²) in [4.78, 5) is 14.3. The zero-order valence-corrected chi connectivity index (χ0v) is 14.1.